The summed E-state index contributed by atoms with van der Waals surface area (Å²) in [7, 11) is 1.53. The van der Waals surface area contributed by atoms with Crippen LogP contribution in [-0.2, 0) is 0 Å². The third-order valence-corrected chi connectivity index (χ3v) is 6.48. The molecule has 0 unspecified atom stereocenters. The van der Waals surface area contributed by atoms with Crippen molar-refractivity contribution in [2.45, 2.75) is 6.92 Å². The van der Waals surface area contributed by atoms with Crippen molar-refractivity contribution in [1.29, 1.82) is 0 Å². The van der Waals surface area contributed by atoms with E-state index in [1.807, 2.05) is 66.7 Å². The third kappa shape index (κ3) is 4.12. The number of ether oxygens (including phenoxy) is 3. The van der Waals surface area contributed by atoms with Crippen LogP contribution in [0.15, 0.2) is 101 Å². The van der Waals surface area contributed by atoms with Gasteiger partial charge >= 0.3 is 5.97 Å². The summed E-state index contributed by atoms with van der Waals surface area (Å²) < 4.78 is 22.6. The number of ketones is 1. The summed E-state index contributed by atoms with van der Waals surface area (Å²) in [6.45, 7) is 1.74. The summed E-state index contributed by atoms with van der Waals surface area (Å²) in [4.78, 5) is 25.9. The van der Waals surface area contributed by atoms with E-state index in [1.165, 1.54) is 7.11 Å². The van der Waals surface area contributed by atoms with Crippen molar-refractivity contribution in [3.05, 3.63) is 119 Å². The minimum atomic E-state index is -0.662. The second kappa shape index (κ2) is 9.41. The third-order valence-electron chi connectivity index (χ3n) is 6.48. The molecule has 2 heterocycles. The van der Waals surface area contributed by atoms with Crippen LogP contribution in [0, 0.1) is 6.92 Å². The van der Waals surface area contributed by atoms with Gasteiger partial charge in [0.25, 0.3) is 0 Å². The van der Waals surface area contributed by atoms with E-state index < -0.39 is 5.97 Å². The Morgan fingerprint density at radius 2 is 1.61 bits per heavy atom. The molecule has 1 aliphatic rings. The van der Waals surface area contributed by atoms with E-state index in [0.29, 0.717) is 28.2 Å². The summed E-state index contributed by atoms with van der Waals surface area (Å²) >= 11 is 0. The molecule has 0 fully saturated rings. The van der Waals surface area contributed by atoms with Gasteiger partial charge in [-0.05, 0) is 54.0 Å². The second-order valence-electron chi connectivity index (χ2n) is 8.87. The monoisotopic (exact) mass is 502 g/mol. The number of Topliss-reactive ketones (excluding diaryl/α,β-unsaturated/α-hetero) is 1. The molecule has 0 atom stereocenters. The molecule has 0 N–H and O–H groups in total. The Labute approximate surface area is 218 Å². The average Bonchev–Trinajstić information content (AvgIpc) is 3.53. The van der Waals surface area contributed by atoms with Gasteiger partial charge in [0.2, 0.25) is 11.5 Å². The summed E-state index contributed by atoms with van der Waals surface area (Å²) in [5.41, 5.74) is 4.47. The molecule has 1 aromatic heterocycles. The van der Waals surface area contributed by atoms with Crippen LogP contribution < -0.4 is 14.2 Å². The molecule has 0 saturated heterocycles. The van der Waals surface area contributed by atoms with Crippen molar-refractivity contribution in [2.75, 3.05) is 7.11 Å². The number of fused-ring (bicyclic) bond motifs is 2. The predicted octanol–water partition coefficient (Wildman–Crippen LogP) is 7.25. The first-order valence-electron chi connectivity index (χ1n) is 12.0. The Bertz CT molecular complexity index is 1730. The first-order chi connectivity index (χ1) is 18.5. The van der Waals surface area contributed by atoms with Crippen molar-refractivity contribution in [1.82, 2.24) is 0 Å². The van der Waals surface area contributed by atoms with Crippen molar-refractivity contribution in [2.24, 2.45) is 0 Å². The van der Waals surface area contributed by atoms with Crippen molar-refractivity contribution >= 4 is 28.8 Å². The van der Waals surface area contributed by atoms with Crippen LogP contribution in [0.1, 0.15) is 32.0 Å². The number of carbonyl (C=O) groups is 2. The van der Waals surface area contributed by atoms with Crippen LogP contribution >= 0.6 is 0 Å². The first kappa shape index (κ1) is 23.3. The maximum Gasteiger partial charge on any atom is 0.379 e. The Kier molecular flexibility index (Phi) is 5.77. The molecular weight excluding hydrogens is 480 g/mol. The van der Waals surface area contributed by atoms with Gasteiger partial charge in [0, 0.05) is 10.9 Å². The fourth-order valence-electron chi connectivity index (χ4n) is 4.48. The summed E-state index contributed by atoms with van der Waals surface area (Å²) in [6.07, 6.45) is 1.71. The highest BCUT2D eigenvalue weighted by atomic mass is 16.6. The Balaban J connectivity index is 1.23. The lowest BCUT2D eigenvalue weighted by Crippen LogP contribution is -2.08. The van der Waals surface area contributed by atoms with Crippen molar-refractivity contribution in [3.8, 4) is 28.4 Å². The molecule has 186 valence electrons. The van der Waals surface area contributed by atoms with Gasteiger partial charge in [-0.3, -0.25) is 4.79 Å². The number of methoxy groups -OCH3 is 1. The van der Waals surface area contributed by atoms with Crippen LogP contribution in [0.25, 0.3) is 28.2 Å². The van der Waals surface area contributed by atoms with Crippen molar-refractivity contribution < 1.29 is 28.2 Å². The number of carbonyl (C=O) groups excluding carboxylic acids is 2. The van der Waals surface area contributed by atoms with Crippen molar-refractivity contribution in [3.63, 3.8) is 0 Å². The largest absolute Gasteiger partial charge is 0.493 e. The molecule has 0 aliphatic carbocycles. The molecule has 4 aromatic carbocycles. The zero-order valence-corrected chi connectivity index (χ0v) is 20.7. The lowest BCUT2D eigenvalue weighted by Gasteiger charge is -2.09. The van der Waals surface area contributed by atoms with Crippen LogP contribution in [0.5, 0.6) is 17.2 Å². The van der Waals surface area contributed by atoms with Gasteiger partial charge in [0.15, 0.2) is 17.1 Å². The maximum absolute atomic E-state index is 13.0. The lowest BCUT2D eigenvalue weighted by atomic mass is 10.0. The Morgan fingerprint density at radius 3 is 2.37 bits per heavy atom. The summed E-state index contributed by atoms with van der Waals surface area (Å²) in [5.74, 6) is 0.545. The number of hydrogen-bond acceptors (Lipinski definition) is 6. The van der Waals surface area contributed by atoms with Gasteiger partial charge in [-0.15, -0.1) is 0 Å². The number of rotatable bonds is 5. The molecule has 0 bridgehead atoms. The molecule has 1 aliphatic heterocycles. The molecule has 0 spiro atoms. The molecule has 5 aromatic rings. The van der Waals surface area contributed by atoms with Gasteiger partial charge in [-0.1, -0.05) is 66.7 Å². The number of esters is 1. The lowest BCUT2D eigenvalue weighted by molar-refractivity contribution is 0.0702. The highest BCUT2D eigenvalue weighted by Gasteiger charge is 2.31. The van der Waals surface area contributed by atoms with E-state index in [2.05, 4.69) is 0 Å². The number of hydrogen-bond donors (Lipinski definition) is 0. The topological polar surface area (TPSA) is 75.0 Å². The van der Waals surface area contributed by atoms with E-state index in [9.17, 15) is 9.59 Å². The Morgan fingerprint density at radius 1 is 0.842 bits per heavy atom. The number of furan rings is 1. The Hall–Kier alpha value is -5.10. The molecule has 6 nitrogen and oxygen atoms in total. The average molecular weight is 503 g/mol. The molecular formula is C32H22O6. The van der Waals surface area contributed by atoms with Gasteiger partial charge in [-0.25, -0.2) is 4.79 Å². The van der Waals surface area contributed by atoms with E-state index in [1.54, 1.807) is 37.3 Å². The van der Waals surface area contributed by atoms with Crippen LogP contribution in [0.3, 0.4) is 0 Å². The molecule has 0 radical (unpaired) electrons. The molecule has 6 rings (SSSR count). The van der Waals surface area contributed by atoms with Gasteiger partial charge in [0.05, 0.1) is 12.7 Å². The minimum Gasteiger partial charge on any atom is -0.493 e. The van der Waals surface area contributed by atoms with Crippen LogP contribution in [-0.4, -0.2) is 18.9 Å². The highest BCUT2D eigenvalue weighted by Crippen LogP contribution is 2.40. The number of para-hydroxylation sites is 1. The van der Waals surface area contributed by atoms with Crippen LogP contribution in [0.2, 0.25) is 0 Å². The van der Waals surface area contributed by atoms with Crippen LogP contribution in [0.4, 0.5) is 0 Å². The zero-order valence-electron chi connectivity index (χ0n) is 20.7. The van der Waals surface area contributed by atoms with E-state index in [4.69, 9.17) is 18.6 Å². The smallest absolute Gasteiger partial charge is 0.379 e. The fourth-order valence-corrected chi connectivity index (χ4v) is 4.48. The van der Waals surface area contributed by atoms with Gasteiger partial charge in [-0.2, -0.15) is 0 Å². The standard InChI is InChI=1S/C32H22O6/c1-19-25(38-32(34)28-18-23-9-6-10-26(35-2)31(23)37-28)16-15-24-29(33)27(36-30(19)24)17-20-11-13-22(14-12-20)21-7-4-3-5-8-21/h3-18H,1-2H3/b27-17-. The predicted molar refractivity (Wildman–Crippen MR) is 144 cm³/mol. The minimum absolute atomic E-state index is 0.0425. The first-order valence-corrected chi connectivity index (χ1v) is 12.0. The highest BCUT2D eigenvalue weighted by molar-refractivity contribution is 6.15. The summed E-state index contributed by atoms with van der Waals surface area (Å²) in [5, 5.41) is 0.725. The number of benzene rings is 4. The van der Waals surface area contributed by atoms with Gasteiger partial charge < -0.3 is 18.6 Å². The van der Waals surface area contributed by atoms with E-state index >= 15 is 0 Å². The molecule has 6 heteroatoms. The quantitative estimate of drug-likeness (QED) is 0.143. The normalized spacial score (nSPS) is 13.4. The van der Waals surface area contributed by atoms with E-state index in [-0.39, 0.29) is 23.1 Å². The summed E-state index contributed by atoms with van der Waals surface area (Å²) in [6, 6.07) is 28.1. The molecule has 38 heavy (non-hydrogen) atoms. The SMILES string of the molecule is COc1cccc2cc(C(=O)Oc3ccc4c(c3C)O/C(=C\c3ccc(-c5ccccc5)cc3)C4=O)oc12. The molecule has 0 amide bonds. The maximum atomic E-state index is 13.0. The van der Waals surface area contributed by atoms with Gasteiger partial charge in [0.1, 0.15) is 11.5 Å². The molecule has 0 saturated carbocycles. The van der Waals surface area contributed by atoms with E-state index in [0.717, 1.165) is 22.1 Å². The number of allylic oxidation sites excluding steroid dienone is 1. The zero-order chi connectivity index (χ0) is 26.2. The fraction of sp³-hybridized carbons (Fsp3) is 0.0625. The second-order valence-corrected chi connectivity index (χ2v) is 8.87.